The number of para-hydroxylation sites is 1. The summed E-state index contributed by atoms with van der Waals surface area (Å²) >= 11 is 0. The van der Waals surface area contributed by atoms with Gasteiger partial charge in [-0.2, -0.15) is 0 Å². The van der Waals surface area contributed by atoms with Crippen LogP contribution < -0.4 is 10.6 Å². The molecule has 2 aromatic heterocycles. The molecule has 0 radical (unpaired) electrons. The third-order valence-corrected chi connectivity index (χ3v) is 6.01. The molecule has 2 aromatic carbocycles. The van der Waals surface area contributed by atoms with Gasteiger partial charge in [-0.1, -0.05) is 48.5 Å². The predicted molar refractivity (Wildman–Crippen MR) is 129 cm³/mol. The number of anilines is 3. The van der Waals surface area contributed by atoms with Gasteiger partial charge in [0.1, 0.15) is 12.1 Å². The lowest BCUT2D eigenvalue weighted by molar-refractivity contribution is -0.109. The van der Waals surface area contributed by atoms with Crippen LogP contribution in [0.5, 0.6) is 0 Å². The number of H-pyrrole nitrogens is 1. The Hall–Kier alpha value is -3.86. The third kappa shape index (κ3) is 4.14. The third-order valence-electron chi connectivity index (χ3n) is 6.01. The number of carbonyl (C=O) groups is 1. The van der Waals surface area contributed by atoms with Crippen molar-refractivity contribution < 1.29 is 4.79 Å². The van der Waals surface area contributed by atoms with E-state index < -0.39 is 0 Å². The first-order valence-electron chi connectivity index (χ1n) is 11.1. The molecule has 5 heteroatoms. The Morgan fingerprint density at radius 3 is 2.59 bits per heavy atom. The van der Waals surface area contributed by atoms with Crippen molar-refractivity contribution in [1.29, 1.82) is 0 Å². The van der Waals surface area contributed by atoms with Gasteiger partial charge in [-0.3, -0.25) is 0 Å². The Bertz CT molecular complexity index is 1200. The van der Waals surface area contributed by atoms with Gasteiger partial charge in [-0.05, 0) is 49.1 Å². The van der Waals surface area contributed by atoms with E-state index in [1.54, 1.807) is 0 Å². The summed E-state index contributed by atoms with van der Waals surface area (Å²) in [5.41, 5.74) is 7.48. The maximum absolute atomic E-state index is 11.9. The zero-order valence-electron chi connectivity index (χ0n) is 17.8. The highest BCUT2D eigenvalue weighted by atomic mass is 16.1. The smallest absolute Gasteiger partial charge is 0.127 e. The Morgan fingerprint density at radius 2 is 1.81 bits per heavy atom. The molecule has 0 aliphatic heterocycles. The molecule has 3 N–H and O–H groups in total. The number of fused-ring (bicyclic) bond motifs is 1. The average Bonchev–Trinajstić information content (AvgIpc) is 3.23. The van der Waals surface area contributed by atoms with Crippen LogP contribution in [0.2, 0.25) is 0 Å². The lowest BCUT2D eigenvalue weighted by atomic mass is 9.86. The number of nitrogens with one attached hydrogen (secondary N) is 3. The topological polar surface area (TPSA) is 69.8 Å². The molecule has 4 aromatic rings. The van der Waals surface area contributed by atoms with E-state index in [1.165, 1.54) is 5.56 Å². The second kappa shape index (κ2) is 9.10. The molecule has 0 saturated carbocycles. The number of aromatic amines is 1. The van der Waals surface area contributed by atoms with Crippen molar-refractivity contribution in [3.8, 4) is 11.3 Å². The van der Waals surface area contributed by atoms with E-state index in [4.69, 9.17) is 0 Å². The van der Waals surface area contributed by atoms with E-state index in [2.05, 4.69) is 38.8 Å². The quantitative estimate of drug-likeness (QED) is 0.317. The zero-order valence-corrected chi connectivity index (χ0v) is 17.8. The number of carbonyl (C=O) groups excluding carboxylic acids is 1. The molecule has 32 heavy (non-hydrogen) atoms. The molecule has 2 heterocycles. The largest absolute Gasteiger partial charge is 0.366 e. The summed E-state index contributed by atoms with van der Waals surface area (Å²) < 4.78 is 0. The van der Waals surface area contributed by atoms with Gasteiger partial charge in [0, 0.05) is 41.2 Å². The van der Waals surface area contributed by atoms with Crippen LogP contribution in [0.4, 0.5) is 17.2 Å². The van der Waals surface area contributed by atoms with Crippen LogP contribution in [-0.4, -0.2) is 16.3 Å². The van der Waals surface area contributed by atoms with Crippen LogP contribution in [-0.2, 0) is 17.8 Å². The second-order valence-corrected chi connectivity index (χ2v) is 8.16. The molecule has 160 valence electrons. The molecule has 0 fully saturated rings. The molecular formula is C27H26N4O. The summed E-state index contributed by atoms with van der Waals surface area (Å²) in [6.07, 6.45) is 5.77. The standard InChI is InChI=1S/C27H26N4O/c32-18-21-10-7-13-23-25(21)27(30-22-11-5-2-6-12-22)26(31-23)20-14-15-28-24(16-20)29-17-19-8-3-1-4-9-19/h1-6,8-9,11-12,14-16,18,21,30-31H,7,10,13,17H2,(H,28,29). The average molecular weight is 423 g/mol. The van der Waals surface area contributed by atoms with Gasteiger partial charge in [0.15, 0.2) is 0 Å². The second-order valence-electron chi connectivity index (χ2n) is 8.16. The maximum Gasteiger partial charge on any atom is 0.127 e. The number of aryl methyl sites for hydroxylation is 1. The molecule has 5 rings (SSSR count). The molecule has 5 nitrogen and oxygen atoms in total. The Labute approximate surface area is 187 Å². The number of hydrogen-bond acceptors (Lipinski definition) is 4. The van der Waals surface area contributed by atoms with Gasteiger partial charge < -0.3 is 20.4 Å². The number of nitrogens with zero attached hydrogens (tertiary/aromatic N) is 1. The van der Waals surface area contributed by atoms with Crippen molar-refractivity contribution >= 4 is 23.5 Å². The summed E-state index contributed by atoms with van der Waals surface area (Å²) in [4.78, 5) is 20.0. The van der Waals surface area contributed by atoms with Crippen LogP contribution in [0.15, 0.2) is 79.0 Å². The highest BCUT2D eigenvalue weighted by Gasteiger charge is 2.28. The van der Waals surface area contributed by atoms with Crippen molar-refractivity contribution in [2.24, 2.45) is 0 Å². The molecule has 0 spiro atoms. The Balaban J connectivity index is 1.51. The fourth-order valence-electron chi connectivity index (χ4n) is 4.44. The minimum atomic E-state index is -0.0903. The van der Waals surface area contributed by atoms with Gasteiger partial charge >= 0.3 is 0 Å². The predicted octanol–water partition coefficient (Wildman–Crippen LogP) is 6.05. The van der Waals surface area contributed by atoms with Crippen LogP contribution in [0.3, 0.4) is 0 Å². The highest BCUT2D eigenvalue weighted by molar-refractivity contribution is 5.86. The van der Waals surface area contributed by atoms with Crippen LogP contribution in [0.25, 0.3) is 11.3 Å². The lowest BCUT2D eigenvalue weighted by Gasteiger charge is -2.20. The van der Waals surface area contributed by atoms with E-state index >= 15 is 0 Å². The number of hydrogen-bond donors (Lipinski definition) is 3. The van der Waals surface area contributed by atoms with E-state index in [-0.39, 0.29) is 5.92 Å². The molecule has 1 unspecified atom stereocenters. The van der Waals surface area contributed by atoms with Crippen LogP contribution >= 0.6 is 0 Å². The summed E-state index contributed by atoms with van der Waals surface area (Å²) in [5, 5.41) is 7.01. The fourth-order valence-corrected chi connectivity index (χ4v) is 4.44. The number of aldehydes is 1. The molecule has 1 aliphatic carbocycles. The Morgan fingerprint density at radius 1 is 1.03 bits per heavy atom. The molecule has 1 atom stereocenters. The monoisotopic (exact) mass is 422 g/mol. The maximum atomic E-state index is 11.9. The number of aromatic nitrogens is 2. The van der Waals surface area contributed by atoms with E-state index in [0.717, 1.165) is 65.3 Å². The van der Waals surface area contributed by atoms with E-state index in [9.17, 15) is 4.79 Å². The SMILES string of the molecule is O=CC1CCCc2[nH]c(-c3ccnc(NCc4ccccc4)c3)c(Nc3ccccc3)c21. The van der Waals surface area contributed by atoms with Gasteiger partial charge in [-0.15, -0.1) is 0 Å². The normalized spacial score (nSPS) is 15.1. The van der Waals surface area contributed by atoms with Crippen LogP contribution in [0.1, 0.15) is 35.6 Å². The van der Waals surface area contributed by atoms with Crippen molar-refractivity contribution in [2.75, 3.05) is 10.6 Å². The summed E-state index contributed by atoms with van der Waals surface area (Å²) in [6.45, 7) is 0.709. The van der Waals surface area contributed by atoms with Gasteiger partial charge in [0.25, 0.3) is 0 Å². The first-order chi connectivity index (χ1) is 15.8. The zero-order chi connectivity index (χ0) is 21.8. The van der Waals surface area contributed by atoms with Crippen molar-refractivity contribution in [2.45, 2.75) is 31.7 Å². The van der Waals surface area contributed by atoms with E-state index in [1.807, 2.05) is 60.8 Å². The lowest BCUT2D eigenvalue weighted by Crippen LogP contribution is -2.11. The van der Waals surface area contributed by atoms with Crippen molar-refractivity contribution in [3.63, 3.8) is 0 Å². The number of rotatable bonds is 7. The summed E-state index contributed by atoms with van der Waals surface area (Å²) in [7, 11) is 0. The van der Waals surface area contributed by atoms with Crippen molar-refractivity contribution in [3.05, 3.63) is 95.8 Å². The van der Waals surface area contributed by atoms with Crippen molar-refractivity contribution in [1.82, 2.24) is 9.97 Å². The van der Waals surface area contributed by atoms with Gasteiger partial charge in [-0.25, -0.2) is 4.98 Å². The first kappa shape index (κ1) is 20.1. The molecule has 1 aliphatic rings. The van der Waals surface area contributed by atoms with Gasteiger partial charge in [0.2, 0.25) is 0 Å². The van der Waals surface area contributed by atoms with Gasteiger partial charge in [0.05, 0.1) is 11.4 Å². The first-order valence-corrected chi connectivity index (χ1v) is 11.1. The minimum Gasteiger partial charge on any atom is -0.366 e. The molecule has 0 bridgehead atoms. The molecule has 0 amide bonds. The fraction of sp³-hybridized carbons (Fsp3) is 0.185. The number of benzene rings is 2. The molecular weight excluding hydrogens is 396 g/mol. The summed E-state index contributed by atoms with van der Waals surface area (Å²) in [5.74, 6) is 0.726. The minimum absolute atomic E-state index is 0.0903. The summed E-state index contributed by atoms with van der Waals surface area (Å²) in [6, 6.07) is 24.5. The molecule has 0 saturated heterocycles. The highest BCUT2D eigenvalue weighted by Crippen LogP contribution is 2.43. The van der Waals surface area contributed by atoms with Crippen LogP contribution in [0, 0.1) is 0 Å². The number of pyridine rings is 1. The van der Waals surface area contributed by atoms with E-state index in [0.29, 0.717) is 6.54 Å². The Kier molecular flexibility index (Phi) is 5.71.